The molecule has 0 spiro atoms. The number of Topliss-reactive ketones (excluding diaryl/α,β-unsaturated/α-hetero) is 3. The third-order valence-electron chi connectivity index (χ3n) is 9.47. The van der Waals surface area contributed by atoms with Crippen molar-refractivity contribution in [2.75, 3.05) is 0 Å². The van der Waals surface area contributed by atoms with Gasteiger partial charge in [-0.05, 0) is 86.0 Å². The number of allylic oxidation sites excluding steroid dienone is 4. The zero-order valence-corrected chi connectivity index (χ0v) is 24.2. The molecule has 0 amide bonds. The van der Waals surface area contributed by atoms with Crippen molar-refractivity contribution in [1.29, 1.82) is 0 Å². The summed E-state index contributed by atoms with van der Waals surface area (Å²) in [4.78, 5) is 38.2. The first kappa shape index (κ1) is 28.7. The lowest BCUT2D eigenvalue weighted by molar-refractivity contribution is -0.129. The average Bonchev–Trinajstić information content (AvgIpc) is 3.32. The van der Waals surface area contributed by atoms with Gasteiger partial charge >= 0.3 is 0 Å². The molecule has 1 fully saturated rings. The Bertz CT molecular complexity index is 1100. The molecule has 0 N–H and O–H groups in total. The van der Waals surface area contributed by atoms with E-state index in [2.05, 4.69) is 45.1 Å². The first-order chi connectivity index (χ1) is 18.3. The van der Waals surface area contributed by atoms with E-state index in [0.717, 1.165) is 55.6 Å². The van der Waals surface area contributed by atoms with Gasteiger partial charge in [-0.3, -0.25) is 14.4 Å². The van der Waals surface area contributed by atoms with Crippen LogP contribution in [0.15, 0.2) is 29.9 Å². The molecular weight excluding hydrogens is 468 g/mol. The van der Waals surface area contributed by atoms with E-state index in [1.54, 1.807) is 5.57 Å². The molecule has 206 valence electrons. The van der Waals surface area contributed by atoms with Crippen LogP contribution in [0.4, 0.5) is 0 Å². The van der Waals surface area contributed by atoms with Gasteiger partial charge in [0.15, 0.2) is 5.78 Å². The largest absolute Gasteiger partial charge is 0.300 e. The normalized spacial score (nSPS) is 21.5. The third kappa shape index (κ3) is 6.82. The molecule has 0 saturated heterocycles. The highest BCUT2D eigenvalue weighted by molar-refractivity contribution is 6.01. The summed E-state index contributed by atoms with van der Waals surface area (Å²) in [6, 6.07) is 4.39. The zero-order valence-electron chi connectivity index (χ0n) is 24.2. The molecule has 0 bridgehead atoms. The highest BCUT2D eigenvalue weighted by atomic mass is 16.1. The van der Waals surface area contributed by atoms with Crippen LogP contribution >= 0.6 is 0 Å². The van der Waals surface area contributed by atoms with Crippen LogP contribution in [0.3, 0.4) is 0 Å². The molecule has 3 unspecified atom stereocenters. The molecule has 3 aliphatic carbocycles. The average molecular weight is 517 g/mol. The predicted octanol–water partition coefficient (Wildman–Crippen LogP) is 8.80. The Morgan fingerprint density at radius 1 is 1.00 bits per heavy atom. The monoisotopic (exact) mass is 516 g/mol. The van der Waals surface area contributed by atoms with Crippen LogP contribution in [-0.4, -0.2) is 17.3 Å². The molecular formula is C35H48O3. The van der Waals surface area contributed by atoms with Crippen LogP contribution in [0.5, 0.6) is 0 Å². The molecule has 38 heavy (non-hydrogen) atoms. The van der Waals surface area contributed by atoms with Crippen molar-refractivity contribution in [3.63, 3.8) is 0 Å². The van der Waals surface area contributed by atoms with E-state index in [1.807, 2.05) is 0 Å². The van der Waals surface area contributed by atoms with Crippen molar-refractivity contribution in [2.45, 2.75) is 118 Å². The number of carbonyl (C=O) groups excluding carboxylic acids is 3. The van der Waals surface area contributed by atoms with Crippen LogP contribution in [0, 0.1) is 30.6 Å². The SMILES string of the molecule is CCCC(CC1CC(=O)c2c(C)ccc(C3=CC=C(CC4CCCCC4)C3)c2C1)C(CC)C(=O)CC(C)=O. The maximum atomic E-state index is 13.5. The van der Waals surface area contributed by atoms with Crippen LogP contribution in [0.1, 0.15) is 131 Å². The van der Waals surface area contributed by atoms with Gasteiger partial charge in [0.2, 0.25) is 0 Å². The molecule has 3 heteroatoms. The number of ketones is 3. The van der Waals surface area contributed by atoms with Gasteiger partial charge < -0.3 is 0 Å². The Labute approximate surface area is 230 Å². The lowest BCUT2D eigenvalue weighted by Crippen LogP contribution is -2.30. The number of hydrogen-bond donors (Lipinski definition) is 0. The van der Waals surface area contributed by atoms with Gasteiger partial charge in [0.05, 0.1) is 6.42 Å². The summed E-state index contributed by atoms with van der Waals surface area (Å²) in [7, 11) is 0. The molecule has 4 rings (SSSR count). The zero-order chi connectivity index (χ0) is 27.2. The van der Waals surface area contributed by atoms with E-state index in [0.29, 0.717) is 6.42 Å². The van der Waals surface area contributed by atoms with Crippen LogP contribution in [0.25, 0.3) is 5.57 Å². The van der Waals surface area contributed by atoms with Crippen LogP contribution in [-0.2, 0) is 16.0 Å². The van der Waals surface area contributed by atoms with Crippen molar-refractivity contribution < 1.29 is 14.4 Å². The highest BCUT2D eigenvalue weighted by Crippen LogP contribution is 2.42. The van der Waals surface area contributed by atoms with E-state index in [4.69, 9.17) is 0 Å². The molecule has 3 aliphatic rings. The molecule has 1 aromatic rings. The lowest BCUT2D eigenvalue weighted by atomic mass is 9.71. The van der Waals surface area contributed by atoms with Crippen molar-refractivity contribution >= 4 is 22.9 Å². The minimum Gasteiger partial charge on any atom is -0.300 e. The van der Waals surface area contributed by atoms with Gasteiger partial charge in [0, 0.05) is 17.9 Å². The Hall–Kier alpha value is -2.29. The van der Waals surface area contributed by atoms with Gasteiger partial charge in [0.25, 0.3) is 0 Å². The molecule has 0 heterocycles. The van der Waals surface area contributed by atoms with E-state index >= 15 is 0 Å². The molecule has 0 aliphatic heterocycles. The first-order valence-corrected chi connectivity index (χ1v) is 15.4. The van der Waals surface area contributed by atoms with E-state index in [1.165, 1.54) is 62.1 Å². The fraction of sp³-hybridized carbons (Fsp3) is 0.629. The number of benzene rings is 1. The quantitative estimate of drug-likeness (QED) is 0.261. The van der Waals surface area contributed by atoms with E-state index in [9.17, 15) is 14.4 Å². The summed E-state index contributed by atoms with van der Waals surface area (Å²) >= 11 is 0. The van der Waals surface area contributed by atoms with Crippen LogP contribution in [0.2, 0.25) is 0 Å². The van der Waals surface area contributed by atoms with Gasteiger partial charge in [-0.2, -0.15) is 0 Å². The number of rotatable bonds is 12. The third-order valence-corrected chi connectivity index (χ3v) is 9.47. The molecule has 0 aromatic heterocycles. The second-order valence-electron chi connectivity index (χ2n) is 12.5. The number of fused-ring (bicyclic) bond motifs is 1. The number of hydrogen-bond acceptors (Lipinski definition) is 3. The topological polar surface area (TPSA) is 51.2 Å². The Morgan fingerprint density at radius 3 is 2.45 bits per heavy atom. The van der Waals surface area contributed by atoms with Gasteiger partial charge in [-0.15, -0.1) is 0 Å². The number of carbonyl (C=O) groups is 3. The van der Waals surface area contributed by atoms with Gasteiger partial charge in [-0.25, -0.2) is 0 Å². The Balaban J connectivity index is 1.51. The fourth-order valence-corrected chi connectivity index (χ4v) is 7.71. The minimum absolute atomic E-state index is 0.0405. The molecule has 1 saturated carbocycles. The van der Waals surface area contributed by atoms with Crippen molar-refractivity contribution in [1.82, 2.24) is 0 Å². The maximum Gasteiger partial charge on any atom is 0.163 e. The maximum absolute atomic E-state index is 13.5. The second-order valence-corrected chi connectivity index (χ2v) is 12.5. The molecule has 3 atom stereocenters. The Kier molecular flexibility index (Phi) is 9.96. The molecule has 1 aromatic carbocycles. The second kappa shape index (κ2) is 13.2. The summed E-state index contributed by atoms with van der Waals surface area (Å²) in [6.45, 7) is 7.82. The predicted molar refractivity (Wildman–Crippen MR) is 156 cm³/mol. The Morgan fingerprint density at radius 2 is 1.76 bits per heavy atom. The van der Waals surface area contributed by atoms with Gasteiger partial charge in [0.1, 0.15) is 11.6 Å². The summed E-state index contributed by atoms with van der Waals surface area (Å²) < 4.78 is 0. The lowest BCUT2D eigenvalue weighted by Gasteiger charge is -2.32. The summed E-state index contributed by atoms with van der Waals surface area (Å²) in [5.74, 6) is 1.55. The van der Waals surface area contributed by atoms with Crippen molar-refractivity contribution in [3.05, 3.63) is 52.1 Å². The number of aryl methyl sites for hydroxylation is 1. The van der Waals surface area contributed by atoms with Crippen LogP contribution < -0.4 is 0 Å². The molecule has 0 radical (unpaired) electrons. The summed E-state index contributed by atoms with van der Waals surface area (Å²) in [5, 5.41) is 0. The smallest absolute Gasteiger partial charge is 0.163 e. The van der Waals surface area contributed by atoms with Crippen molar-refractivity contribution in [2.24, 2.45) is 23.7 Å². The molecule has 3 nitrogen and oxygen atoms in total. The first-order valence-electron chi connectivity index (χ1n) is 15.4. The van der Waals surface area contributed by atoms with E-state index < -0.39 is 0 Å². The highest BCUT2D eigenvalue weighted by Gasteiger charge is 2.34. The van der Waals surface area contributed by atoms with E-state index in [-0.39, 0.29) is 41.5 Å². The summed E-state index contributed by atoms with van der Waals surface area (Å²) in [6.07, 6.45) is 18.9. The van der Waals surface area contributed by atoms with Gasteiger partial charge in [-0.1, -0.05) is 88.7 Å². The summed E-state index contributed by atoms with van der Waals surface area (Å²) in [5.41, 5.74) is 7.47. The minimum atomic E-state index is -0.0867. The van der Waals surface area contributed by atoms with Crippen molar-refractivity contribution in [3.8, 4) is 0 Å². The standard InChI is InChI=1S/C35H48O3/c1-5-10-28(30(6-2)33(37)17-24(4)36)20-27-21-32-31(16-13-23(3)35(32)34(38)22-27)29-15-14-26(19-29)18-25-11-8-7-9-12-25/h13-16,25,27-28,30H,5-12,17-22H2,1-4H3. The fourth-order valence-electron chi connectivity index (χ4n) is 7.71.